The molecule has 1 saturated carbocycles. The lowest BCUT2D eigenvalue weighted by atomic mass is 9.55. The SMILES string of the molecule is C[C@@H]1C2=C(C(=O)C=CC2=[N+]=[N-])C(O)=C2C(=O)[C@]3(O)C(O)=C(C(N)=O)C(=O)C[C@@H]3[C@@H](O)[C@@H]21. The Morgan fingerprint density at radius 2 is 1.87 bits per heavy atom. The summed E-state index contributed by atoms with van der Waals surface area (Å²) in [5.74, 6) is -10.1. The van der Waals surface area contributed by atoms with Gasteiger partial charge in [-0.1, -0.05) is 6.92 Å². The monoisotopic (exact) mass is 427 g/mol. The first-order chi connectivity index (χ1) is 14.5. The summed E-state index contributed by atoms with van der Waals surface area (Å²) in [4.78, 5) is 52.9. The highest BCUT2D eigenvalue weighted by atomic mass is 16.4. The maximum Gasteiger partial charge on any atom is 0.319 e. The summed E-state index contributed by atoms with van der Waals surface area (Å²) in [6.45, 7) is 1.51. The highest BCUT2D eigenvalue weighted by Crippen LogP contribution is 2.53. The number of primary amides is 1. The predicted octanol–water partition coefficient (Wildman–Crippen LogP) is -1.27. The van der Waals surface area contributed by atoms with Crippen LogP contribution in [0.4, 0.5) is 0 Å². The molecule has 1 amide bonds. The molecule has 0 spiro atoms. The van der Waals surface area contributed by atoms with Gasteiger partial charge in [-0.25, -0.2) is 0 Å². The number of fused-ring (bicyclic) bond motifs is 2. The first-order valence-electron chi connectivity index (χ1n) is 9.32. The van der Waals surface area contributed by atoms with Crippen LogP contribution in [0.3, 0.4) is 0 Å². The summed E-state index contributed by atoms with van der Waals surface area (Å²) in [7, 11) is 0. The van der Waals surface area contributed by atoms with Crippen molar-refractivity contribution >= 4 is 29.0 Å². The van der Waals surface area contributed by atoms with E-state index in [0.717, 1.165) is 6.08 Å². The molecule has 4 aliphatic rings. The standard InChI is InChI=1S/C20H17N3O8/c1-5-10-7(23-22)2-3-8(24)12(10)16(27)14-11(5)15(26)6-4-9(25)13(19(21)30)17(28)20(6,31)18(14)29/h2-3,5-6,11,15,26-28,31H,4H2,1H3,(H2,21,30)/t5-,6-,11-,15-,20-/m1/s1. The minimum atomic E-state index is -2.91. The fourth-order valence-corrected chi connectivity index (χ4v) is 5.13. The number of ketones is 3. The lowest BCUT2D eigenvalue weighted by Gasteiger charge is -2.50. The van der Waals surface area contributed by atoms with E-state index in [-0.39, 0.29) is 16.9 Å². The molecule has 31 heavy (non-hydrogen) atoms. The Morgan fingerprint density at radius 3 is 2.45 bits per heavy atom. The molecule has 160 valence electrons. The zero-order valence-corrected chi connectivity index (χ0v) is 16.1. The van der Waals surface area contributed by atoms with Crippen molar-refractivity contribution in [3.8, 4) is 0 Å². The van der Waals surface area contributed by atoms with E-state index >= 15 is 0 Å². The molecule has 0 radical (unpaired) electrons. The normalized spacial score (nSPS) is 35.1. The van der Waals surface area contributed by atoms with Crippen molar-refractivity contribution in [2.45, 2.75) is 25.0 Å². The number of nitrogens with two attached hydrogens (primary N) is 1. The Bertz CT molecular complexity index is 1180. The summed E-state index contributed by atoms with van der Waals surface area (Å²) in [5, 5.41) is 43.5. The molecule has 1 fully saturated rings. The molecule has 0 heterocycles. The molecular formula is C20H17N3O8. The summed E-state index contributed by atoms with van der Waals surface area (Å²) < 4.78 is 0. The zero-order chi connectivity index (χ0) is 23.0. The highest BCUT2D eigenvalue weighted by Gasteiger charge is 2.65. The second-order valence-corrected chi connectivity index (χ2v) is 7.96. The van der Waals surface area contributed by atoms with E-state index in [1.54, 1.807) is 0 Å². The maximum absolute atomic E-state index is 13.4. The lowest BCUT2D eigenvalue weighted by Crippen LogP contribution is -2.64. The Hall–Kier alpha value is -3.66. The zero-order valence-electron chi connectivity index (χ0n) is 16.1. The molecule has 0 aromatic carbocycles. The molecule has 0 saturated heterocycles. The quantitative estimate of drug-likeness (QED) is 0.147. The van der Waals surface area contributed by atoms with Crippen LogP contribution in [0.25, 0.3) is 5.53 Å². The Kier molecular flexibility index (Phi) is 4.27. The highest BCUT2D eigenvalue weighted by molar-refractivity contribution is 6.25. The van der Waals surface area contributed by atoms with E-state index in [9.17, 15) is 45.1 Å². The lowest BCUT2D eigenvalue weighted by molar-refractivity contribution is -0.161. The van der Waals surface area contributed by atoms with Crippen molar-refractivity contribution in [3.05, 3.63) is 51.5 Å². The van der Waals surface area contributed by atoms with E-state index in [2.05, 4.69) is 4.79 Å². The molecule has 4 aliphatic carbocycles. The van der Waals surface area contributed by atoms with Crippen molar-refractivity contribution in [3.63, 3.8) is 0 Å². The Morgan fingerprint density at radius 1 is 1.23 bits per heavy atom. The average molecular weight is 427 g/mol. The second kappa shape index (κ2) is 6.42. The number of hydrogen-bond acceptors (Lipinski definition) is 8. The number of rotatable bonds is 1. The summed E-state index contributed by atoms with van der Waals surface area (Å²) >= 11 is 0. The van der Waals surface area contributed by atoms with Gasteiger partial charge in [0.1, 0.15) is 17.1 Å². The molecule has 6 N–H and O–H groups in total. The number of aliphatic hydroxyl groups is 4. The molecule has 0 unspecified atom stereocenters. The van der Waals surface area contributed by atoms with Gasteiger partial charge in [-0.15, -0.1) is 0 Å². The van der Waals surface area contributed by atoms with Crippen molar-refractivity contribution < 1.29 is 44.4 Å². The third-order valence-corrected chi connectivity index (χ3v) is 6.55. The summed E-state index contributed by atoms with van der Waals surface area (Å²) in [5.41, 5.74) is 9.68. The first kappa shape index (κ1) is 20.6. The van der Waals surface area contributed by atoms with Gasteiger partial charge in [0.05, 0.1) is 17.3 Å². The number of carbonyl (C=O) groups is 4. The number of carbonyl (C=O) groups excluding carboxylic acids is 4. The molecule has 4 rings (SSSR count). The van der Waals surface area contributed by atoms with Crippen LogP contribution < -0.4 is 5.73 Å². The van der Waals surface area contributed by atoms with Gasteiger partial charge in [0.2, 0.25) is 5.78 Å². The fourth-order valence-electron chi connectivity index (χ4n) is 5.13. The smallest absolute Gasteiger partial charge is 0.319 e. The molecule has 11 nitrogen and oxygen atoms in total. The van der Waals surface area contributed by atoms with Crippen LogP contribution in [0, 0.1) is 17.8 Å². The number of amides is 1. The van der Waals surface area contributed by atoms with Crippen LogP contribution in [0.5, 0.6) is 0 Å². The number of Topliss-reactive ketones (excluding diaryl/α,β-unsaturated/α-hetero) is 2. The van der Waals surface area contributed by atoms with Gasteiger partial charge in [0, 0.05) is 29.9 Å². The third kappa shape index (κ3) is 2.36. The third-order valence-electron chi connectivity index (χ3n) is 6.55. The van der Waals surface area contributed by atoms with Crippen LogP contribution in [0.1, 0.15) is 13.3 Å². The predicted molar refractivity (Wildman–Crippen MR) is 100 cm³/mol. The van der Waals surface area contributed by atoms with Crippen LogP contribution in [-0.4, -0.2) is 65.9 Å². The number of allylic oxidation sites excluding steroid dienone is 4. The number of nitrogens with zero attached hydrogens (tertiary/aromatic N) is 2. The van der Waals surface area contributed by atoms with Crippen molar-refractivity contribution in [1.29, 1.82) is 0 Å². The molecule has 0 aliphatic heterocycles. The van der Waals surface area contributed by atoms with Crippen LogP contribution >= 0.6 is 0 Å². The summed E-state index contributed by atoms with van der Waals surface area (Å²) in [6, 6.07) is 0. The first-order valence-corrected chi connectivity index (χ1v) is 9.32. The van der Waals surface area contributed by atoms with E-state index in [1.165, 1.54) is 13.0 Å². The minimum absolute atomic E-state index is 0.0633. The molecule has 0 aromatic heterocycles. The van der Waals surface area contributed by atoms with E-state index in [1.807, 2.05) is 0 Å². The molecule has 0 bridgehead atoms. The molecule has 0 aromatic rings. The molecule has 5 atom stereocenters. The maximum atomic E-state index is 13.4. The van der Waals surface area contributed by atoms with Gasteiger partial charge in [0.25, 0.3) is 5.91 Å². The second-order valence-electron chi connectivity index (χ2n) is 7.96. The van der Waals surface area contributed by atoms with Gasteiger partial charge >= 0.3 is 5.71 Å². The van der Waals surface area contributed by atoms with Gasteiger partial charge in [-0.05, 0) is 12.0 Å². The van der Waals surface area contributed by atoms with Crippen LogP contribution in [0.2, 0.25) is 0 Å². The van der Waals surface area contributed by atoms with Crippen LogP contribution in [0.15, 0.2) is 46.0 Å². The number of hydrogen-bond donors (Lipinski definition) is 5. The fraction of sp³-hybridized carbons (Fsp3) is 0.350. The van der Waals surface area contributed by atoms with E-state index < -0.39 is 81.8 Å². The Balaban J connectivity index is 2.02. The average Bonchev–Trinajstić information content (AvgIpc) is 2.70. The van der Waals surface area contributed by atoms with Gasteiger partial charge < -0.3 is 31.7 Å². The molecular weight excluding hydrogens is 410 g/mol. The van der Waals surface area contributed by atoms with Crippen molar-refractivity contribution in [2.24, 2.45) is 23.5 Å². The van der Waals surface area contributed by atoms with Crippen LogP contribution in [-0.2, 0) is 19.2 Å². The van der Waals surface area contributed by atoms with E-state index in [0.29, 0.717) is 0 Å². The van der Waals surface area contributed by atoms with Crippen molar-refractivity contribution in [2.75, 3.05) is 0 Å². The van der Waals surface area contributed by atoms with Crippen molar-refractivity contribution in [1.82, 2.24) is 0 Å². The minimum Gasteiger partial charge on any atom is -0.508 e. The summed E-state index contributed by atoms with van der Waals surface area (Å²) in [6.07, 6.45) is -0.109. The van der Waals surface area contributed by atoms with Gasteiger partial charge in [0.15, 0.2) is 17.2 Å². The topological polar surface area (TPSA) is 212 Å². The molecule has 11 heteroatoms. The van der Waals surface area contributed by atoms with Gasteiger partial charge in [-0.2, -0.15) is 4.79 Å². The number of aliphatic hydroxyl groups excluding tert-OH is 3. The van der Waals surface area contributed by atoms with Gasteiger partial charge in [-0.3, -0.25) is 19.2 Å². The Labute approximate surface area is 174 Å². The largest absolute Gasteiger partial charge is 0.508 e. The van der Waals surface area contributed by atoms with E-state index in [4.69, 9.17) is 5.73 Å².